The van der Waals surface area contributed by atoms with Crippen LogP contribution in [0.2, 0.25) is 0 Å². The van der Waals surface area contributed by atoms with Gasteiger partial charge < -0.3 is 4.57 Å². The lowest BCUT2D eigenvalue weighted by molar-refractivity contribution is 0.627. The SMILES string of the molecule is Fc1cccc(-n2c3ccccc3c3cc(-c4ccc(Cc5ccccc5)cc4)ccc32)c1. The summed E-state index contributed by atoms with van der Waals surface area (Å²) >= 11 is 0. The van der Waals surface area contributed by atoms with Crippen LogP contribution in [0.15, 0.2) is 121 Å². The molecule has 0 saturated heterocycles. The number of aromatic nitrogens is 1. The van der Waals surface area contributed by atoms with Gasteiger partial charge in [-0.3, -0.25) is 0 Å². The molecule has 1 nitrogen and oxygen atoms in total. The minimum atomic E-state index is -0.231. The van der Waals surface area contributed by atoms with Gasteiger partial charge in [-0.25, -0.2) is 4.39 Å². The number of hydrogen-bond donors (Lipinski definition) is 0. The number of halogens is 1. The highest BCUT2D eigenvalue weighted by atomic mass is 19.1. The first-order valence-electron chi connectivity index (χ1n) is 11.2. The van der Waals surface area contributed by atoms with Gasteiger partial charge in [0.25, 0.3) is 0 Å². The molecule has 0 atom stereocenters. The Morgan fingerprint density at radius 1 is 0.515 bits per heavy atom. The molecule has 0 aliphatic carbocycles. The fraction of sp³-hybridized carbons (Fsp3) is 0.0323. The monoisotopic (exact) mass is 427 g/mol. The van der Waals surface area contributed by atoms with E-state index in [2.05, 4.69) is 89.5 Å². The molecule has 0 amide bonds. The first-order valence-corrected chi connectivity index (χ1v) is 11.2. The fourth-order valence-corrected chi connectivity index (χ4v) is 4.69. The highest BCUT2D eigenvalue weighted by Crippen LogP contribution is 2.35. The minimum Gasteiger partial charge on any atom is -0.309 e. The third-order valence-electron chi connectivity index (χ3n) is 6.28. The molecule has 0 aliphatic rings. The quantitative estimate of drug-likeness (QED) is 0.267. The number of fused-ring (bicyclic) bond motifs is 3. The van der Waals surface area contributed by atoms with Gasteiger partial charge in [0.05, 0.1) is 11.0 Å². The van der Waals surface area contributed by atoms with Crippen LogP contribution in [0, 0.1) is 5.82 Å². The van der Waals surface area contributed by atoms with Gasteiger partial charge in [-0.15, -0.1) is 0 Å². The second kappa shape index (κ2) is 8.07. The molecular weight excluding hydrogens is 405 g/mol. The smallest absolute Gasteiger partial charge is 0.125 e. The predicted molar refractivity (Wildman–Crippen MR) is 135 cm³/mol. The molecule has 0 N–H and O–H groups in total. The van der Waals surface area contributed by atoms with Gasteiger partial charge in [-0.2, -0.15) is 0 Å². The first kappa shape index (κ1) is 19.5. The molecule has 158 valence electrons. The Balaban J connectivity index is 1.43. The van der Waals surface area contributed by atoms with E-state index < -0.39 is 0 Å². The van der Waals surface area contributed by atoms with Crippen molar-refractivity contribution in [1.29, 1.82) is 0 Å². The molecule has 0 fully saturated rings. The molecule has 1 aromatic heterocycles. The summed E-state index contributed by atoms with van der Waals surface area (Å²) in [7, 11) is 0. The van der Waals surface area contributed by atoms with Gasteiger partial charge in [-0.1, -0.05) is 84.9 Å². The molecule has 6 rings (SSSR count). The van der Waals surface area contributed by atoms with Crippen molar-refractivity contribution in [3.63, 3.8) is 0 Å². The zero-order chi connectivity index (χ0) is 22.2. The normalized spacial score (nSPS) is 11.3. The van der Waals surface area contributed by atoms with Crippen LogP contribution in [0.1, 0.15) is 11.1 Å². The molecule has 0 spiro atoms. The summed E-state index contributed by atoms with van der Waals surface area (Å²) in [5.74, 6) is -0.231. The maximum atomic E-state index is 14.0. The summed E-state index contributed by atoms with van der Waals surface area (Å²) < 4.78 is 16.1. The number of hydrogen-bond acceptors (Lipinski definition) is 0. The lowest BCUT2D eigenvalue weighted by atomic mass is 9.99. The molecular formula is C31H22FN. The Morgan fingerprint density at radius 2 is 1.21 bits per heavy atom. The molecule has 6 aromatic rings. The Bertz CT molecular complexity index is 1580. The molecule has 0 radical (unpaired) electrons. The van der Waals surface area contributed by atoms with Gasteiger partial charge in [-0.05, 0) is 65.1 Å². The van der Waals surface area contributed by atoms with Crippen LogP contribution in [0.4, 0.5) is 4.39 Å². The molecule has 33 heavy (non-hydrogen) atoms. The number of nitrogens with zero attached hydrogens (tertiary/aromatic N) is 1. The molecule has 1 heterocycles. The predicted octanol–water partition coefficient (Wildman–Crippen LogP) is 8.18. The Kier molecular flexibility index (Phi) is 4.77. The lowest BCUT2D eigenvalue weighted by Crippen LogP contribution is -1.94. The van der Waals surface area contributed by atoms with E-state index in [4.69, 9.17) is 0 Å². The second-order valence-corrected chi connectivity index (χ2v) is 8.42. The Hall–Kier alpha value is -4.17. The van der Waals surface area contributed by atoms with Crippen LogP contribution >= 0.6 is 0 Å². The van der Waals surface area contributed by atoms with E-state index >= 15 is 0 Å². The van der Waals surface area contributed by atoms with E-state index in [0.29, 0.717) is 0 Å². The van der Waals surface area contributed by atoms with Crippen molar-refractivity contribution in [2.45, 2.75) is 6.42 Å². The van der Waals surface area contributed by atoms with Crippen molar-refractivity contribution < 1.29 is 4.39 Å². The summed E-state index contributed by atoms with van der Waals surface area (Å²) in [4.78, 5) is 0. The van der Waals surface area contributed by atoms with Crippen LogP contribution in [0.25, 0.3) is 38.6 Å². The minimum absolute atomic E-state index is 0.231. The standard InChI is InChI=1S/C31H22FN/c32-26-9-6-10-27(21-26)33-30-12-5-4-11-28(30)29-20-25(17-18-31(29)33)24-15-13-23(14-16-24)19-22-7-2-1-3-8-22/h1-18,20-21H,19H2. The molecule has 2 heteroatoms. The van der Waals surface area contributed by atoms with Crippen LogP contribution in [0.5, 0.6) is 0 Å². The van der Waals surface area contributed by atoms with Gasteiger partial charge in [0.2, 0.25) is 0 Å². The van der Waals surface area contributed by atoms with Gasteiger partial charge in [0.15, 0.2) is 0 Å². The number of rotatable bonds is 4. The Morgan fingerprint density at radius 3 is 2.03 bits per heavy atom. The highest BCUT2D eigenvalue weighted by Gasteiger charge is 2.13. The van der Waals surface area contributed by atoms with Gasteiger partial charge >= 0.3 is 0 Å². The van der Waals surface area contributed by atoms with E-state index in [1.807, 2.05) is 18.2 Å². The van der Waals surface area contributed by atoms with Crippen molar-refractivity contribution >= 4 is 21.8 Å². The second-order valence-electron chi connectivity index (χ2n) is 8.42. The van der Waals surface area contributed by atoms with Gasteiger partial charge in [0, 0.05) is 16.5 Å². The van der Waals surface area contributed by atoms with E-state index in [-0.39, 0.29) is 5.82 Å². The van der Waals surface area contributed by atoms with E-state index in [1.165, 1.54) is 39.1 Å². The Labute approximate surface area is 192 Å². The van der Waals surface area contributed by atoms with E-state index in [0.717, 1.165) is 23.1 Å². The highest BCUT2D eigenvalue weighted by molar-refractivity contribution is 6.10. The fourth-order valence-electron chi connectivity index (χ4n) is 4.69. The topological polar surface area (TPSA) is 4.93 Å². The summed E-state index contributed by atoms with van der Waals surface area (Å²) in [5.41, 5.74) is 7.97. The van der Waals surface area contributed by atoms with Crippen molar-refractivity contribution in [2.75, 3.05) is 0 Å². The van der Waals surface area contributed by atoms with Crippen LogP contribution in [-0.2, 0) is 6.42 Å². The zero-order valence-corrected chi connectivity index (χ0v) is 18.1. The summed E-state index contributed by atoms with van der Waals surface area (Å²) in [6.07, 6.45) is 0.932. The molecule has 5 aromatic carbocycles. The van der Waals surface area contributed by atoms with E-state index in [1.54, 1.807) is 12.1 Å². The van der Waals surface area contributed by atoms with Crippen molar-refractivity contribution in [3.8, 4) is 16.8 Å². The van der Waals surface area contributed by atoms with Crippen LogP contribution in [-0.4, -0.2) is 4.57 Å². The summed E-state index contributed by atoms with van der Waals surface area (Å²) in [6, 6.07) is 41.0. The summed E-state index contributed by atoms with van der Waals surface area (Å²) in [6.45, 7) is 0. The lowest BCUT2D eigenvalue weighted by Gasteiger charge is -2.09. The third-order valence-corrected chi connectivity index (χ3v) is 6.28. The van der Waals surface area contributed by atoms with Crippen molar-refractivity contribution in [3.05, 3.63) is 138 Å². The van der Waals surface area contributed by atoms with Crippen LogP contribution < -0.4 is 0 Å². The zero-order valence-electron chi connectivity index (χ0n) is 18.1. The molecule has 0 bridgehead atoms. The van der Waals surface area contributed by atoms with Crippen molar-refractivity contribution in [1.82, 2.24) is 4.57 Å². The molecule has 0 unspecified atom stereocenters. The number of para-hydroxylation sites is 1. The largest absolute Gasteiger partial charge is 0.309 e. The average molecular weight is 428 g/mol. The van der Waals surface area contributed by atoms with Crippen LogP contribution in [0.3, 0.4) is 0 Å². The average Bonchev–Trinajstić information content (AvgIpc) is 3.19. The molecule has 0 aliphatic heterocycles. The van der Waals surface area contributed by atoms with Gasteiger partial charge in [0.1, 0.15) is 5.82 Å². The maximum absolute atomic E-state index is 14.0. The third kappa shape index (κ3) is 3.60. The van der Waals surface area contributed by atoms with E-state index in [9.17, 15) is 4.39 Å². The maximum Gasteiger partial charge on any atom is 0.125 e. The van der Waals surface area contributed by atoms with Crippen molar-refractivity contribution in [2.24, 2.45) is 0 Å². The molecule has 0 saturated carbocycles. The summed E-state index contributed by atoms with van der Waals surface area (Å²) in [5, 5.41) is 2.33. The number of benzene rings is 5. The first-order chi connectivity index (χ1) is 16.3.